The number of halogens is 3. The molecule has 124 valence electrons. The highest BCUT2D eigenvalue weighted by Crippen LogP contribution is 2.51. The molecule has 1 saturated carbocycles. The first kappa shape index (κ1) is 15.9. The number of anilines is 1. The molecule has 3 rings (SSSR count). The van der Waals surface area contributed by atoms with Gasteiger partial charge in [0.25, 0.3) is 0 Å². The molecule has 2 fully saturated rings. The summed E-state index contributed by atoms with van der Waals surface area (Å²) in [4.78, 5) is 1.81. The summed E-state index contributed by atoms with van der Waals surface area (Å²) in [6, 6.07) is 0. The lowest BCUT2D eigenvalue weighted by molar-refractivity contribution is -0.199. The van der Waals surface area contributed by atoms with Crippen LogP contribution in [-0.2, 0) is 10.9 Å². The van der Waals surface area contributed by atoms with E-state index in [-0.39, 0.29) is 17.6 Å². The smallest absolute Gasteiger partial charge is 0.392 e. The Labute approximate surface area is 130 Å². The minimum Gasteiger partial charge on any atom is -0.392 e. The summed E-state index contributed by atoms with van der Waals surface area (Å²) in [5.74, 6) is 0. The highest BCUT2D eigenvalue weighted by atomic mass is 32.1. The number of aliphatic hydroxyl groups is 1. The summed E-state index contributed by atoms with van der Waals surface area (Å²) >= 11 is 0.569. The number of hydrogen-bond acceptors (Lipinski definition) is 6. The van der Waals surface area contributed by atoms with Crippen molar-refractivity contribution in [2.24, 2.45) is 5.41 Å². The van der Waals surface area contributed by atoms with E-state index in [1.54, 1.807) is 0 Å². The molecule has 9 heteroatoms. The van der Waals surface area contributed by atoms with Crippen LogP contribution < -0.4 is 4.90 Å². The summed E-state index contributed by atoms with van der Waals surface area (Å²) < 4.78 is 43.4. The Bertz CT molecular complexity index is 527. The highest BCUT2D eigenvalue weighted by Gasteiger charge is 2.56. The second-order valence-electron chi connectivity index (χ2n) is 5.80. The van der Waals surface area contributed by atoms with Gasteiger partial charge in [0.05, 0.1) is 12.2 Å². The SMILES string of the molecule is CCO[C@@H]1C[C@H](O)C12CCN(c1nnc(C(F)(F)F)s1)CC2. The van der Waals surface area contributed by atoms with E-state index < -0.39 is 11.2 Å². The number of aromatic nitrogens is 2. The van der Waals surface area contributed by atoms with Gasteiger partial charge in [-0.3, -0.25) is 0 Å². The van der Waals surface area contributed by atoms with Crippen molar-refractivity contribution in [2.75, 3.05) is 24.6 Å². The molecule has 2 atom stereocenters. The van der Waals surface area contributed by atoms with Crippen LogP contribution in [0.5, 0.6) is 0 Å². The summed E-state index contributed by atoms with van der Waals surface area (Å²) in [6.45, 7) is 3.65. The number of rotatable bonds is 3. The second-order valence-corrected chi connectivity index (χ2v) is 6.76. The molecule has 0 radical (unpaired) electrons. The maximum atomic E-state index is 12.6. The Hall–Kier alpha value is -0.930. The van der Waals surface area contributed by atoms with Crippen LogP contribution in [0.3, 0.4) is 0 Å². The van der Waals surface area contributed by atoms with E-state index in [0.29, 0.717) is 55.4 Å². The maximum absolute atomic E-state index is 12.6. The van der Waals surface area contributed by atoms with Crippen LogP contribution in [0.2, 0.25) is 0 Å². The number of piperidine rings is 1. The van der Waals surface area contributed by atoms with Crippen molar-refractivity contribution in [1.82, 2.24) is 10.2 Å². The summed E-state index contributed by atoms with van der Waals surface area (Å²) in [5, 5.41) is 16.4. The van der Waals surface area contributed by atoms with Crippen LogP contribution in [0.25, 0.3) is 0 Å². The van der Waals surface area contributed by atoms with Gasteiger partial charge in [0.15, 0.2) is 0 Å². The van der Waals surface area contributed by atoms with Crippen molar-refractivity contribution >= 4 is 16.5 Å². The summed E-state index contributed by atoms with van der Waals surface area (Å²) in [5.41, 5.74) is -0.246. The minimum absolute atomic E-state index is 0.0507. The lowest BCUT2D eigenvalue weighted by Gasteiger charge is -2.56. The fourth-order valence-corrected chi connectivity index (χ4v) is 4.15. The van der Waals surface area contributed by atoms with Gasteiger partial charge in [0, 0.05) is 31.5 Å². The molecular formula is C13H18F3N3O2S. The standard InChI is InChI=1S/C13H18F3N3O2S/c1-2-21-9-7-8(20)12(9)3-5-19(6-4-12)11-18-17-10(22-11)13(14,15)16/h8-9,20H,2-7H2,1H3/t8-,9+/m0/s1. The largest absolute Gasteiger partial charge is 0.445 e. The highest BCUT2D eigenvalue weighted by molar-refractivity contribution is 7.15. The molecule has 1 saturated heterocycles. The molecule has 1 N–H and O–H groups in total. The first-order valence-corrected chi connectivity index (χ1v) is 8.14. The molecule has 1 aromatic rings. The maximum Gasteiger partial charge on any atom is 0.445 e. The molecule has 0 amide bonds. The molecule has 0 bridgehead atoms. The van der Waals surface area contributed by atoms with Crippen molar-refractivity contribution in [3.05, 3.63) is 5.01 Å². The predicted octanol–water partition coefficient (Wildman–Crippen LogP) is 2.31. The van der Waals surface area contributed by atoms with Gasteiger partial charge in [-0.25, -0.2) is 0 Å². The fourth-order valence-electron chi connectivity index (χ4n) is 3.39. The molecule has 1 aliphatic heterocycles. The molecular weight excluding hydrogens is 319 g/mol. The normalized spacial score (nSPS) is 28.0. The third kappa shape index (κ3) is 2.59. The zero-order valence-corrected chi connectivity index (χ0v) is 13.0. The van der Waals surface area contributed by atoms with Gasteiger partial charge in [0.1, 0.15) is 0 Å². The van der Waals surface area contributed by atoms with Crippen molar-refractivity contribution in [3.63, 3.8) is 0 Å². The Balaban J connectivity index is 1.65. The predicted molar refractivity (Wildman–Crippen MR) is 74.8 cm³/mol. The minimum atomic E-state index is -4.45. The Kier molecular flexibility index (Phi) is 4.07. The van der Waals surface area contributed by atoms with Gasteiger partial charge in [-0.2, -0.15) is 13.2 Å². The monoisotopic (exact) mass is 337 g/mol. The third-order valence-electron chi connectivity index (χ3n) is 4.73. The van der Waals surface area contributed by atoms with Crippen molar-refractivity contribution in [2.45, 2.75) is 44.6 Å². The lowest BCUT2D eigenvalue weighted by Crippen LogP contribution is -2.62. The summed E-state index contributed by atoms with van der Waals surface area (Å²) in [7, 11) is 0. The number of nitrogens with zero attached hydrogens (tertiary/aromatic N) is 3. The lowest BCUT2D eigenvalue weighted by atomic mass is 9.58. The number of alkyl halides is 3. The van der Waals surface area contributed by atoms with Crippen molar-refractivity contribution in [3.8, 4) is 0 Å². The molecule has 2 aliphatic rings. The van der Waals surface area contributed by atoms with Gasteiger partial charge in [-0.15, -0.1) is 10.2 Å². The van der Waals surface area contributed by atoms with E-state index in [0.717, 1.165) is 0 Å². The van der Waals surface area contributed by atoms with E-state index in [1.807, 2.05) is 11.8 Å². The van der Waals surface area contributed by atoms with Gasteiger partial charge in [0.2, 0.25) is 10.1 Å². The van der Waals surface area contributed by atoms with E-state index in [9.17, 15) is 18.3 Å². The molecule has 0 unspecified atom stereocenters. The molecule has 0 aromatic carbocycles. The Morgan fingerprint density at radius 3 is 2.55 bits per heavy atom. The molecule has 2 heterocycles. The number of hydrogen-bond donors (Lipinski definition) is 1. The molecule has 1 aromatic heterocycles. The first-order chi connectivity index (χ1) is 10.4. The van der Waals surface area contributed by atoms with E-state index in [1.165, 1.54) is 0 Å². The molecule has 22 heavy (non-hydrogen) atoms. The second kappa shape index (κ2) is 5.61. The number of ether oxygens (including phenoxy) is 1. The topological polar surface area (TPSA) is 58.5 Å². The van der Waals surface area contributed by atoms with Crippen molar-refractivity contribution < 1.29 is 23.0 Å². The Morgan fingerprint density at radius 2 is 2.05 bits per heavy atom. The fraction of sp³-hybridized carbons (Fsp3) is 0.846. The first-order valence-electron chi connectivity index (χ1n) is 7.32. The average molecular weight is 337 g/mol. The van der Waals surface area contributed by atoms with Gasteiger partial charge >= 0.3 is 6.18 Å². The van der Waals surface area contributed by atoms with Crippen LogP contribution in [0.15, 0.2) is 0 Å². The van der Waals surface area contributed by atoms with E-state index in [2.05, 4.69) is 10.2 Å². The average Bonchev–Trinajstić information content (AvgIpc) is 2.97. The van der Waals surface area contributed by atoms with Crippen molar-refractivity contribution in [1.29, 1.82) is 0 Å². The molecule has 5 nitrogen and oxygen atoms in total. The van der Waals surface area contributed by atoms with Gasteiger partial charge < -0.3 is 14.7 Å². The van der Waals surface area contributed by atoms with Crippen LogP contribution in [0.1, 0.15) is 31.2 Å². The quantitative estimate of drug-likeness (QED) is 0.917. The van der Waals surface area contributed by atoms with Crippen LogP contribution in [0.4, 0.5) is 18.3 Å². The van der Waals surface area contributed by atoms with E-state index in [4.69, 9.17) is 4.74 Å². The zero-order chi connectivity index (χ0) is 16.0. The zero-order valence-electron chi connectivity index (χ0n) is 12.1. The molecule has 1 aliphatic carbocycles. The van der Waals surface area contributed by atoms with Gasteiger partial charge in [-0.05, 0) is 19.8 Å². The summed E-state index contributed by atoms with van der Waals surface area (Å²) in [6.07, 6.45) is -2.75. The third-order valence-corrected chi connectivity index (χ3v) is 5.76. The van der Waals surface area contributed by atoms with Crippen LogP contribution in [-0.4, -0.2) is 47.2 Å². The Morgan fingerprint density at radius 1 is 1.36 bits per heavy atom. The number of aliphatic hydroxyl groups excluding tert-OH is 1. The van der Waals surface area contributed by atoms with Gasteiger partial charge in [-0.1, -0.05) is 11.3 Å². The van der Waals surface area contributed by atoms with Crippen LogP contribution >= 0.6 is 11.3 Å². The van der Waals surface area contributed by atoms with Crippen LogP contribution in [0, 0.1) is 5.41 Å². The van der Waals surface area contributed by atoms with E-state index >= 15 is 0 Å². The molecule has 1 spiro atoms.